The number of imidazole rings is 1. The molecule has 96 valence electrons. The summed E-state index contributed by atoms with van der Waals surface area (Å²) in [7, 11) is 0. The van der Waals surface area contributed by atoms with Crippen LogP contribution < -0.4 is 0 Å². The molecule has 2 aromatic heterocycles. The van der Waals surface area contributed by atoms with Gasteiger partial charge in [0.25, 0.3) is 0 Å². The average Bonchev–Trinajstić information content (AvgIpc) is 2.69. The molecule has 3 rings (SSSR count). The van der Waals surface area contributed by atoms with E-state index in [0.717, 1.165) is 22.4 Å². The number of hydrogen-bond donors (Lipinski definition) is 0. The highest BCUT2D eigenvalue weighted by Gasteiger charge is 2.09. The van der Waals surface area contributed by atoms with Crippen LogP contribution in [0.5, 0.6) is 0 Å². The van der Waals surface area contributed by atoms with E-state index < -0.39 is 0 Å². The number of rotatable bonds is 2. The number of para-hydroxylation sites is 2. The smallest absolute Gasteiger partial charge is 0.130 e. The maximum atomic E-state index is 6.19. The van der Waals surface area contributed by atoms with Gasteiger partial charge < -0.3 is 4.57 Å². The van der Waals surface area contributed by atoms with Crippen molar-refractivity contribution in [3.63, 3.8) is 0 Å². The van der Waals surface area contributed by atoms with E-state index in [9.17, 15) is 0 Å². The second-order valence-corrected chi connectivity index (χ2v) is 5.13. The van der Waals surface area contributed by atoms with Crippen molar-refractivity contribution >= 4 is 34.2 Å². The predicted octanol–water partition coefficient (Wildman–Crippen LogP) is 4.09. The lowest BCUT2D eigenvalue weighted by Gasteiger charge is -2.08. The Bertz CT molecular complexity index is 750. The fourth-order valence-corrected chi connectivity index (χ4v) is 2.54. The summed E-state index contributed by atoms with van der Waals surface area (Å²) in [5, 5.41) is 1.03. The minimum Gasteiger partial charge on any atom is -0.324 e. The van der Waals surface area contributed by atoms with Crippen molar-refractivity contribution in [2.45, 2.75) is 13.5 Å². The van der Waals surface area contributed by atoms with Crippen LogP contribution in [0.25, 0.3) is 11.0 Å². The van der Waals surface area contributed by atoms with Crippen LogP contribution in [0, 0.1) is 6.92 Å². The van der Waals surface area contributed by atoms with E-state index in [1.54, 1.807) is 12.3 Å². The summed E-state index contributed by atoms with van der Waals surface area (Å²) in [4.78, 5) is 8.61. The Balaban J connectivity index is 2.08. The van der Waals surface area contributed by atoms with Gasteiger partial charge in [-0.05, 0) is 25.1 Å². The lowest BCUT2D eigenvalue weighted by molar-refractivity contribution is 0.783. The Morgan fingerprint density at radius 1 is 1.21 bits per heavy atom. The summed E-state index contributed by atoms with van der Waals surface area (Å²) in [6.07, 6.45) is 1.71. The van der Waals surface area contributed by atoms with Crippen molar-refractivity contribution in [2.75, 3.05) is 0 Å². The van der Waals surface area contributed by atoms with Crippen molar-refractivity contribution < 1.29 is 0 Å². The predicted molar refractivity (Wildman–Crippen MR) is 77.8 cm³/mol. The van der Waals surface area contributed by atoms with Gasteiger partial charge in [0.05, 0.1) is 22.6 Å². The molecule has 1 aromatic carbocycles. The lowest BCUT2D eigenvalue weighted by atomic mass is 10.2. The molecule has 0 aliphatic carbocycles. The number of pyridine rings is 1. The van der Waals surface area contributed by atoms with Crippen LogP contribution in [0.2, 0.25) is 10.2 Å². The zero-order valence-electron chi connectivity index (χ0n) is 10.3. The van der Waals surface area contributed by atoms with Gasteiger partial charge >= 0.3 is 0 Å². The number of benzene rings is 1. The minimum absolute atomic E-state index is 0.404. The number of aromatic nitrogens is 3. The van der Waals surface area contributed by atoms with Gasteiger partial charge in [-0.15, -0.1) is 0 Å². The van der Waals surface area contributed by atoms with Crippen LogP contribution in [-0.4, -0.2) is 14.5 Å². The van der Waals surface area contributed by atoms with Crippen LogP contribution in [0.1, 0.15) is 11.4 Å². The van der Waals surface area contributed by atoms with Crippen LogP contribution in [0.4, 0.5) is 0 Å². The van der Waals surface area contributed by atoms with E-state index >= 15 is 0 Å². The molecular formula is C14H11Cl2N3. The normalized spacial score (nSPS) is 11.1. The third kappa shape index (κ3) is 2.31. The summed E-state index contributed by atoms with van der Waals surface area (Å²) >= 11 is 12.0. The Labute approximate surface area is 120 Å². The van der Waals surface area contributed by atoms with Crippen LogP contribution >= 0.6 is 23.2 Å². The van der Waals surface area contributed by atoms with Crippen molar-refractivity contribution in [3.8, 4) is 0 Å². The van der Waals surface area contributed by atoms with Gasteiger partial charge in [0.1, 0.15) is 11.0 Å². The topological polar surface area (TPSA) is 30.7 Å². The van der Waals surface area contributed by atoms with E-state index in [2.05, 4.69) is 14.5 Å². The summed E-state index contributed by atoms with van der Waals surface area (Å²) < 4.78 is 2.12. The van der Waals surface area contributed by atoms with Gasteiger partial charge in [-0.3, -0.25) is 0 Å². The lowest BCUT2D eigenvalue weighted by Crippen LogP contribution is -2.03. The average molecular weight is 292 g/mol. The van der Waals surface area contributed by atoms with Gasteiger partial charge in [0, 0.05) is 11.8 Å². The number of aryl methyl sites for hydroxylation is 1. The van der Waals surface area contributed by atoms with Crippen LogP contribution in [-0.2, 0) is 6.54 Å². The van der Waals surface area contributed by atoms with E-state index in [0.29, 0.717) is 16.7 Å². The van der Waals surface area contributed by atoms with Gasteiger partial charge in [-0.2, -0.15) is 0 Å². The second kappa shape index (κ2) is 4.83. The molecule has 19 heavy (non-hydrogen) atoms. The van der Waals surface area contributed by atoms with Crippen molar-refractivity contribution in [3.05, 3.63) is 58.1 Å². The molecule has 0 spiro atoms. The van der Waals surface area contributed by atoms with Gasteiger partial charge in [-0.25, -0.2) is 9.97 Å². The van der Waals surface area contributed by atoms with Gasteiger partial charge in [-0.1, -0.05) is 35.3 Å². The fourth-order valence-electron chi connectivity index (χ4n) is 2.12. The van der Waals surface area contributed by atoms with E-state index in [1.165, 1.54) is 0 Å². The Hall–Kier alpha value is -1.58. The molecule has 0 aliphatic heterocycles. The molecule has 0 aliphatic rings. The third-order valence-corrected chi connectivity index (χ3v) is 3.63. The number of nitrogens with zero attached hydrogens (tertiary/aromatic N) is 3. The molecule has 0 fully saturated rings. The third-order valence-electron chi connectivity index (χ3n) is 3.07. The molecule has 2 heterocycles. The molecule has 3 nitrogen and oxygen atoms in total. The molecular weight excluding hydrogens is 281 g/mol. The minimum atomic E-state index is 0.404. The molecule has 0 saturated carbocycles. The molecule has 0 N–H and O–H groups in total. The molecule has 0 atom stereocenters. The van der Waals surface area contributed by atoms with Gasteiger partial charge in [0.15, 0.2) is 0 Å². The summed E-state index contributed by atoms with van der Waals surface area (Å²) in [5.41, 5.74) is 3.00. The monoisotopic (exact) mass is 291 g/mol. The highest BCUT2D eigenvalue weighted by molar-refractivity contribution is 6.34. The molecule has 0 unspecified atom stereocenters. The maximum absolute atomic E-state index is 6.19. The fraction of sp³-hybridized carbons (Fsp3) is 0.143. The first-order valence-corrected chi connectivity index (χ1v) is 6.62. The first-order valence-electron chi connectivity index (χ1n) is 5.87. The van der Waals surface area contributed by atoms with Crippen LogP contribution in [0.15, 0.2) is 36.5 Å². The number of fused-ring (bicyclic) bond motifs is 1. The van der Waals surface area contributed by atoms with Crippen LogP contribution in [0.3, 0.4) is 0 Å². The van der Waals surface area contributed by atoms with E-state index in [-0.39, 0.29) is 0 Å². The van der Waals surface area contributed by atoms with Crippen molar-refractivity contribution in [1.82, 2.24) is 14.5 Å². The summed E-state index contributed by atoms with van der Waals surface area (Å²) in [6.45, 7) is 2.62. The Kier molecular flexibility index (Phi) is 3.17. The molecule has 5 heteroatoms. The maximum Gasteiger partial charge on any atom is 0.130 e. The quantitative estimate of drug-likeness (QED) is 0.666. The number of hydrogen-bond acceptors (Lipinski definition) is 2. The van der Waals surface area contributed by atoms with Gasteiger partial charge in [0.2, 0.25) is 0 Å². The second-order valence-electron chi connectivity index (χ2n) is 4.33. The number of halogens is 2. The summed E-state index contributed by atoms with van der Waals surface area (Å²) in [5.74, 6) is 0.951. The highest BCUT2D eigenvalue weighted by Crippen LogP contribution is 2.22. The standard InChI is InChI=1S/C14H11Cl2N3/c1-9-18-12-4-2-3-5-13(12)19(9)8-10-7-17-14(16)6-11(10)15/h2-7H,8H2,1H3. The van der Waals surface area contributed by atoms with E-state index in [1.807, 2.05) is 31.2 Å². The first-order chi connectivity index (χ1) is 9.15. The Morgan fingerprint density at radius 2 is 2.00 bits per heavy atom. The molecule has 0 bridgehead atoms. The molecule has 3 aromatic rings. The summed E-state index contributed by atoms with van der Waals surface area (Å²) in [6, 6.07) is 9.69. The zero-order valence-corrected chi connectivity index (χ0v) is 11.8. The van der Waals surface area contributed by atoms with E-state index in [4.69, 9.17) is 23.2 Å². The highest BCUT2D eigenvalue weighted by atomic mass is 35.5. The largest absolute Gasteiger partial charge is 0.324 e. The SMILES string of the molecule is Cc1nc2ccccc2n1Cc1cnc(Cl)cc1Cl. The molecule has 0 saturated heterocycles. The Morgan fingerprint density at radius 3 is 2.79 bits per heavy atom. The first kappa shape index (κ1) is 12.5. The zero-order chi connectivity index (χ0) is 13.4. The molecule has 0 amide bonds. The van der Waals surface area contributed by atoms with Crippen molar-refractivity contribution in [2.24, 2.45) is 0 Å². The van der Waals surface area contributed by atoms with Crippen molar-refractivity contribution in [1.29, 1.82) is 0 Å². The molecule has 0 radical (unpaired) electrons.